The first-order valence-electron chi connectivity index (χ1n) is 22.8. The molecule has 0 bridgehead atoms. The van der Waals surface area contributed by atoms with E-state index in [9.17, 15) is 14.4 Å². The molecule has 0 aromatic rings. The van der Waals surface area contributed by atoms with Crippen molar-refractivity contribution in [3.05, 3.63) is 97.2 Å². The lowest BCUT2D eigenvalue weighted by molar-refractivity contribution is -0.167. The van der Waals surface area contributed by atoms with Crippen molar-refractivity contribution in [1.29, 1.82) is 0 Å². The van der Waals surface area contributed by atoms with Crippen LogP contribution in [0.3, 0.4) is 0 Å². The highest BCUT2D eigenvalue weighted by Crippen LogP contribution is 2.13. The molecule has 0 saturated heterocycles. The van der Waals surface area contributed by atoms with Gasteiger partial charge >= 0.3 is 17.9 Å². The molecule has 0 aliphatic rings. The number of hydrogen-bond donors (Lipinski definition) is 0. The van der Waals surface area contributed by atoms with Crippen molar-refractivity contribution in [2.75, 3.05) is 13.2 Å². The number of carbonyl (C=O) groups is 3. The first-order valence-corrected chi connectivity index (χ1v) is 22.8. The Balaban J connectivity index is 4.51. The van der Waals surface area contributed by atoms with E-state index >= 15 is 0 Å². The van der Waals surface area contributed by atoms with Gasteiger partial charge in [-0.25, -0.2) is 0 Å². The predicted octanol–water partition coefficient (Wildman–Crippen LogP) is 14.6. The summed E-state index contributed by atoms with van der Waals surface area (Å²) in [5, 5.41) is 0. The second kappa shape index (κ2) is 45.0. The van der Waals surface area contributed by atoms with Crippen molar-refractivity contribution in [2.45, 2.75) is 194 Å². The van der Waals surface area contributed by atoms with Gasteiger partial charge in [-0.15, -0.1) is 0 Å². The number of rotatable bonds is 39. The summed E-state index contributed by atoms with van der Waals surface area (Å²) in [5.41, 5.74) is 0. The zero-order valence-corrected chi connectivity index (χ0v) is 36.6. The van der Waals surface area contributed by atoms with Crippen LogP contribution < -0.4 is 0 Å². The number of carbonyl (C=O) groups excluding carboxylic acids is 3. The van der Waals surface area contributed by atoms with E-state index in [0.717, 1.165) is 96.3 Å². The van der Waals surface area contributed by atoms with E-state index in [2.05, 4.69) is 81.5 Å². The van der Waals surface area contributed by atoms with Crippen LogP contribution in [0.2, 0.25) is 0 Å². The van der Waals surface area contributed by atoms with Crippen molar-refractivity contribution in [1.82, 2.24) is 0 Å². The third-order valence-corrected chi connectivity index (χ3v) is 9.18. The molecule has 57 heavy (non-hydrogen) atoms. The van der Waals surface area contributed by atoms with Crippen LogP contribution in [-0.4, -0.2) is 37.2 Å². The quantitative estimate of drug-likeness (QED) is 0.0203. The Morgan fingerprint density at radius 2 is 0.772 bits per heavy atom. The third-order valence-electron chi connectivity index (χ3n) is 9.18. The molecule has 1 unspecified atom stereocenters. The Labute approximate surface area is 349 Å². The summed E-state index contributed by atoms with van der Waals surface area (Å²) in [6.07, 6.45) is 58.2. The fourth-order valence-corrected chi connectivity index (χ4v) is 5.79. The van der Waals surface area contributed by atoms with E-state index in [0.29, 0.717) is 19.3 Å². The summed E-state index contributed by atoms with van der Waals surface area (Å²) in [7, 11) is 0. The fourth-order valence-electron chi connectivity index (χ4n) is 5.79. The second-order valence-electron chi connectivity index (χ2n) is 14.6. The van der Waals surface area contributed by atoms with Crippen LogP contribution in [-0.2, 0) is 28.6 Å². The molecule has 0 radical (unpaired) electrons. The molecule has 0 rings (SSSR count). The lowest BCUT2D eigenvalue weighted by Gasteiger charge is -2.18. The minimum absolute atomic E-state index is 0.104. The molecule has 6 heteroatoms. The zero-order valence-electron chi connectivity index (χ0n) is 36.6. The number of hydrogen-bond acceptors (Lipinski definition) is 6. The van der Waals surface area contributed by atoms with Crippen molar-refractivity contribution >= 4 is 17.9 Å². The topological polar surface area (TPSA) is 78.9 Å². The van der Waals surface area contributed by atoms with Gasteiger partial charge in [0.15, 0.2) is 6.10 Å². The SMILES string of the molecule is CC\C=C/C=C\C=C/C=C\CCCCCC(=O)OC(COC(=O)CCCCC/C=C\C/C=C\C/C=C\C/C=C\CC)COC(=O)CCCCCCCCCCCC. The summed E-state index contributed by atoms with van der Waals surface area (Å²) in [6.45, 7) is 6.28. The summed E-state index contributed by atoms with van der Waals surface area (Å²) in [6, 6.07) is 0. The molecule has 6 nitrogen and oxygen atoms in total. The molecule has 0 fully saturated rings. The molecule has 0 aromatic carbocycles. The van der Waals surface area contributed by atoms with Gasteiger partial charge in [0, 0.05) is 19.3 Å². The second-order valence-corrected chi connectivity index (χ2v) is 14.6. The Kier molecular flexibility index (Phi) is 42.1. The first kappa shape index (κ1) is 53.3. The highest BCUT2D eigenvalue weighted by Gasteiger charge is 2.19. The molecule has 1 atom stereocenters. The van der Waals surface area contributed by atoms with Crippen LogP contribution in [0.15, 0.2) is 97.2 Å². The van der Waals surface area contributed by atoms with Crippen LogP contribution in [0.1, 0.15) is 188 Å². The lowest BCUT2D eigenvalue weighted by atomic mass is 10.1. The molecule has 0 N–H and O–H groups in total. The fraction of sp³-hybridized carbons (Fsp3) is 0.627. The van der Waals surface area contributed by atoms with E-state index in [-0.39, 0.29) is 37.5 Å². The van der Waals surface area contributed by atoms with Gasteiger partial charge in [0.25, 0.3) is 0 Å². The van der Waals surface area contributed by atoms with Gasteiger partial charge in [0.2, 0.25) is 0 Å². The summed E-state index contributed by atoms with van der Waals surface area (Å²) in [4.78, 5) is 37.7. The Morgan fingerprint density at radius 3 is 1.28 bits per heavy atom. The first-order chi connectivity index (χ1) is 28.0. The molecule has 0 aliphatic carbocycles. The van der Waals surface area contributed by atoms with Crippen molar-refractivity contribution in [3.63, 3.8) is 0 Å². The van der Waals surface area contributed by atoms with E-state index in [1.807, 2.05) is 36.5 Å². The molecule has 0 amide bonds. The Bertz CT molecular complexity index is 1180. The molecular weight excluding hydrogens is 709 g/mol. The predicted molar refractivity (Wildman–Crippen MR) is 242 cm³/mol. The standard InChI is InChI=1S/C51H82O6/c1-4-7-10-13-16-19-22-24-25-26-28-29-32-35-38-41-44-50(53)56-47-48(46-55-49(52)43-40-37-34-31-21-18-15-12-9-6-3)57-51(54)45-42-39-36-33-30-27-23-20-17-14-11-8-5-2/h7-8,10-11,14,16-17,19-20,23-25,27-30,48H,4-6,9,12-13,15,18,21-22,26,31-47H2,1-3H3/b10-7-,11-8-,17-14-,19-16-,23-20-,25-24-,29-28-,30-27-. The Morgan fingerprint density at radius 1 is 0.386 bits per heavy atom. The molecule has 0 saturated carbocycles. The molecule has 322 valence electrons. The average Bonchev–Trinajstić information content (AvgIpc) is 3.21. The highest BCUT2D eigenvalue weighted by molar-refractivity contribution is 5.71. The lowest BCUT2D eigenvalue weighted by Crippen LogP contribution is -2.30. The number of unbranched alkanes of at least 4 members (excludes halogenated alkanes) is 15. The van der Waals surface area contributed by atoms with Crippen LogP contribution in [0, 0.1) is 0 Å². The monoisotopic (exact) mass is 791 g/mol. The highest BCUT2D eigenvalue weighted by atomic mass is 16.6. The number of esters is 3. The smallest absolute Gasteiger partial charge is 0.306 e. The van der Waals surface area contributed by atoms with Crippen LogP contribution in [0.4, 0.5) is 0 Å². The molecule has 0 heterocycles. The van der Waals surface area contributed by atoms with Gasteiger partial charge in [0.05, 0.1) is 0 Å². The maximum absolute atomic E-state index is 12.7. The summed E-state index contributed by atoms with van der Waals surface area (Å²) < 4.78 is 16.6. The average molecular weight is 791 g/mol. The molecular formula is C51H82O6. The largest absolute Gasteiger partial charge is 0.462 e. The van der Waals surface area contributed by atoms with Gasteiger partial charge in [-0.2, -0.15) is 0 Å². The van der Waals surface area contributed by atoms with Gasteiger partial charge < -0.3 is 14.2 Å². The number of ether oxygens (including phenoxy) is 3. The third kappa shape index (κ3) is 43.3. The van der Waals surface area contributed by atoms with Gasteiger partial charge in [-0.3, -0.25) is 14.4 Å². The van der Waals surface area contributed by atoms with Gasteiger partial charge in [-0.1, -0.05) is 189 Å². The maximum Gasteiger partial charge on any atom is 0.306 e. The summed E-state index contributed by atoms with van der Waals surface area (Å²) >= 11 is 0. The zero-order chi connectivity index (χ0) is 41.5. The van der Waals surface area contributed by atoms with E-state index in [1.54, 1.807) is 0 Å². The van der Waals surface area contributed by atoms with Crippen molar-refractivity contribution in [3.8, 4) is 0 Å². The van der Waals surface area contributed by atoms with Crippen LogP contribution >= 0.6 is 0 Å². The normalized spacial score (nSPS) is 13.0. The van der Waals surface area contributed by atoms with E-state index in [1.165, 1.54) is 44.9 Å². The van der Waals surface area contributed by atoms with Gasteiger partial charge in [0.1, 0.15) is 13.2 Å². The maximum atomic E-state index is 12.7. The van der Waals surface area contributed by atoms with E-state index in [4.69, 9.17) is 14.2 Å². The summed E-state index contributed by atoms with van der Waals surface area (Å²) in [5.74, 6) is -0.987. The van der Waals surface area contributed by atoms with Crippen molar-refractivity contribution in [2.24, 2.45) is 0 Å². The minimum Gasteiger partial charge on any atom is -0.462 e. The molecule has 0 spiro atoms. The van der Waals surface area contributed by atoms with Gasteiger partial charge in [-0.05, 0) is 77.0 Å². The molecule has 0 aliphatic heterocycles. The number of allylic oxidation sites excluding steroid dienone is 16. The minimum atomic E-state index is -0.808. The van der Waals surface area contributed by atoms with Crippen molar-refractivity contribution < 1.29 is 28.6 Å². The Hall–Kier alpha value is -3.67. The molecule has 0 aromatic heterocycles. The van der Waals surface area contributed by atoms with E-state index < -0.39 is 6.10 Å². The van der Waals surface area contributed by atoms with Crippen LogP contribution in [0.5, 0.6) is 0 Å². The van der Waals surface area contributed by atoms with Crippen LogP contribution in [0.25, 0.3) is 0 Å².